The van der Waals surface area contributed by atoms with Gasteiger partial charge >= 0.3 is 0 Å². The van der Waals surface area contributed by atoms with E-state index in [1.54, 1.807) is 0 Å². The molecule has 0 aliphatic heterocycles. The number of rotatable bonds is 2. The summed E-state index contributed by atoms with van der Waals surface area (Å²) in [6.45, 7) is 0. The number of nitrogens with zero attached hydrogens (tertiary/aromatic N) is 1. The first-order valence-electron chi connectivity index (χ1n) is 9.56. The second-order valence-corrected chi connectivity index (χ2v) is 7.14. The van der Waals surface area contributed by atoms with E-state index >= 15 is 0 Å². The lowest BCUT2D eigenvalue weighted by Crippen LogP contribution is -1.95. The molecule has 0 aliphatic carbocycles. The summed E-state index contributed by atoms with van der Waals surface area (Å²) in [4.78, 5) is 3.43. The molecule has 0 saturated carbocycles. The molecule has 0 saturated heterocycles. The standard InChI is InChI=1S/C26H18N2/c1-3-9-18(10-4-1)25-21-15-16-27-23(21)17-22-20-13-7-8-14-24(20)28(26(22)25)19-11-5-2-6-12-19/h1-17,27H. The van der Waals surface area contributed by atoms with Crippen LogP contribution < -0.4 is 0 Å². The van der Waals surface area contributed by atoms with Crippen LogP contribution in [0.5, 0.6) is 0 Å². The SMILES string of the molecule is c1ccc(-c2c3cc[nH]c3cc3c4ccccc4n(-c4ccccc4)c23)cc1. The Hall–Kier alpha value is -3.78. The van der Waals surface area contributed by atoms with Gasteiger partial charge in [0.05, 0.1) is 11.0 Å². The Kier molecular flexibility index (Phi) is 3.20. The van der Waals surface area contributed by atoms with Crippen molar-refractivity contribution in [3.05, 3.63) is 103 Å². The average molecular weight is 358 g/mol. The molecule has 0 unspecified atom stereocenters. The van der Waals surface area contributed by atoms with Crippen LogP contribution in [0.3, 0.4) is 0 Å². The molecule has 6 rings (SSSR count). The molecule has 0 aliphatic rings. The first-order valence-corrected chi connectivity index (χ1v) is 9.56. The van der Waals surface area contributed by atoms with Gasteiger partial charge in [0.2, 0.25) is 0 Å². The van der Waals surface area contributed by atoms with E-state index < -0.39 is 0 Å². The highest BCUT2D eigenvalue weighted by Crippen LogP contribution is 2.42. The molecule has 1 N–H and O–H groups in total. The van der Waals surface area contributed by atoms with Crippen LogP contribution in [-0.2, 0) is 0 Å². The summed E-state index contributed by atoms with van der Waals surface area (Å²) in [5.41, 5.74) is 7.34. The van der Waals surface area contributed by atoms with E-state index in [0.29, 0.717) is 0 Å². The lowest BCUT2D eigenvalue weighted by Gasteiger charge is -2.13. The van der Waals surface area contributed by atoms with Crippen molar-refractivity contribution in [1.82, 2.24) is 9.55 Å². The predicted octanol–water partition coefficient (Wildman–Crippen LogP) is 6.93. The van der Waals surface area contributed by atoms with E-state index in [1.165, 1.54) is 49.5 Å². The van der Waals surface area contributed by atoms with Crippen molar-refractivity contribution >= 4 is 32.7 Å². The number of benzene rings is 4. The number of aromatic nitrogens is 2. The van der Waals surface area contributed by atoms with Crippen LogP contribution in [0.1, 0.15) is 0 Å². The topological polar surface area (TPSA) is 20.7 Å². The van der Waals surface area contributed by atoms with E-state index in [9.17, 15) is 0 Å². The van der Waals surface area contributed by atoms with Crippen LogP contribution in [-0.4, -0.2) is 9.55 Å². The van der Waals surface area contributed by atoms with Crippen molar-refractivity contribution in [2.24, 2.45) is 0 Å². The fraction of sp³-hybridized carbons (Fsp3) is 0. The number of para-hydroxylation sites is 2. The lowest BCUT2D eigenvalue weighted by molar-refractivity contribution is 1.18. The molecule has 2 heterocycles. The summed E-state index contributed by atoms with van der Waals surface area (Å²) < 4.78 is 2.40. The minimum Gasteiger partial charge on any atom is -0.361 e. The number of hydrogen-bond acceptors (Lipinski definition) is 0. The van der Waals surface area contributed by atoms with Gasteiger partial charge < -0.3 is 9.55 Å². The highest BCUT2D eigenvalue weighted by Gasteiger charge is 2.19. The Balaban J connectivity index is 1.92. The molecule has 0 fully saturated rings. The quantitative estimate of drug-likeness (QED) is 0.346. The Morgan fingerprint density at radius 1 is 0.607 bits per heavy atom. The molecule has 0 radical (unpaired) electrons. The van der Waals surface area contributed by atoms with Gasteiger partial charge in [-0.05, 0) is 35.9 Å². The smallest absolute Gasteiger partial charge is 0.0627 e. The van der Waals surface area contributed by atoms with Crippen LogP contribution >= 0.6 is 0 Å². The van der Waals surface area contributed by atoms with Gasteiger partial charge in [0, 0.05) is 39.1 Å². The fourth-order valence-electron chi connectivity index (χ4n) is 4.39. The van der Waals surface area contributed by atoms with Gasteiger partial charge in [-0.2, -0.15) is 0 Å². The van der Waals surface area contributed by atoms with Crippen molar-refractivity contribution in [3.63, 3.8) is 0 Å². The summed E-state index contributed by atoms with van der Waals surface area (Å²) in [5.74, 6) is 0. The van der Waals surface area contributed by atoms with Crippen molar-refractivity contribution in [2.45, 2.75) is 0 Å². The third-order valence-electron chi connectivity index (χ3n) is 5.56. The second-order valence-electron chi connectivity index (χ2n) is 7.14. The molecule has 6 aromatic rings. The molecule has 4 aromatic carbocycles. The predicted molar refractivity (Wildman–Crippen MR) is 118 cm³/mol. The molecule has 2 nitrogen and oxygen atoms in total. The van der Waals surface area contributed by atoms with Gasteiger partial charge in [0.1, 0.15) is 0 Å². The van der Waals surface area contributed by atoms with E-state index in [0.717, 1.165) is 0 Å². The van der Waals surface area contributed by atoms with Crippen LogP contribution in [0.4, 0.5) is 0 Å². The molecule has 132 valence electrons. The first-order chi connectivity index (χ1) is 13.9. The van der Waals surface area contributed by atoms with Gasteiger partial charge in [-0.25, -0.2) is 0 Å². The van der Waals surface area contributed by atoms with Crippen molar-refractivity contribution < 1.29 is 0 Å². The van der Waals surface area contributed by atoms with Crippen LogP contribution in [0.2, 0.25) is 0 Å². The van der Waals surface area contributed by atoms with Gasteiger partial charge in [0.15, 0.2) is 0 Å². The van der Waals surface area contributed by atoms with Gasteiger partial charge in [-0.1, -0.05) is 66.7 Å². The third-order valence-corrected chi connectivity index (χ3v) is 5.56. The maximum Gasteiger partial charge on any atom is 0.0627 e. The normalized spacial score (nSPS) is 11.6. The zero-order valence-corrected chi connectivity index (χ0v) is 15.3. The molecular formula is C26H18N2. The first kappa shape index (κ1) is 15.3. The number of nitrogens with one attached hydrogen (secondary N) is 1. The van der Waals surface area contributed by atoms with Crippen LogP contribution in [0, 0.1) is 0 Å². The van der Waals surface area contributed by atoms with Gasteiger partial charge in [-0.15, -0.1) is 0 Å². The van der Waals surface area contributed by atoms with Crippen LogP contribution in [0.15, 0.2) is 103 Å². The third kappa shape index (κ3) is 2.09. The molecule has 0 amide bonds. The van der Waals surface area contributed by atoms with Gasteiger partial charge in [-0.3, -0.25) is 0 Å². The Morgan fingerprint density at radius 2 is 1.32 bits per heavy atom. The molecule has 0 spiro atoms. The van der Waals surface area contributed by atoms with Gasteiger partial charge in [0.25, 0.3) is 0 Å². The summed E-state index contributed by atoms with van der Waals surface area (Å²) in [6.07, 6.45) is 2.03. The summed E-state index contributed by atoms with van der Waals surface area (Å²) in [6, 6.07) is 34.5. The van der Waals surface area contributed by atoms with Crippen LogP contribution in [0.25, 0.3) is 49.5 Å². The summed E-state index contributed by atoms with van der Waals surface area (Å²) in [7, 11) is 0. The van der Waals surface area contributed by atoms with E-state index in [1.807, 2.05) is 6.20 Å². The molecular weight excluding hydrogens is 340 g/mol. The highest BCUT2D eigenvalue weighted by atomic mass is 15.0. The molecule has 0 bridgehead atoms. The lowest BCUT2D eigenvalue weighted by atomic mass is 9.98. The minimum absolute atomic E-state index is 1.17. The maximum absolute atomic E-state index is 3.43. The van der Waals surface area contributed by atoms with Crippen molar-refractivity contribution in [2.75, 3.05) is 0 Å². The Morgan fingerprint density at radius 3 is 2.14 bits per heavy atom. The fourth-order valence-corrected chi connectivity index (χ4v) is 4.39. The maximum atomic E-state index is 3.43. The second kappa shape index (κ2) is 5.86. The largest absolute Gasteiger partial charge is 0.361 e. The van der Waals surface area contributed by atoms with E-state index in [-0.39, 0.29) is 0 Å². The number of H-pyrrole nitrogens is 1. The summed E-state index contributed by atoms with van der Waals surface area (Å²) >= 11 is 0. The van der Waals surface area contributed by atoms with E-state index in [4.69, 9.17) is 0 Å². The minimum atomic E-state index is 1.17. The summed E-state index contributed by atoms with van der Waals surface area (Å²) in [5, 5.41) is 3.79. The van der Waals surface area contributed by atoms with Crippen molar-refractivity contribution in [3.8, 4) is 16.8 Å². The number of aromatic amines is 1. The number of fused-ring (bicyclic) bond motifs is 4. The van der Waals surface area contributed by atoms with Crippen molar-refractivity contribution in [1.29, 1.82) is 0 Å². The Bertz CT molecular complexity index is 1440. The number of hydrogen-bond donors (Lipinski definition) is 1. The zero-order valence-electron chi connectivity index (χ0n) is 15.3. The monoisotopic (exact) mass is 358 g/mol. The zero-order chi connectivity index (χ0) is 18.5. The molecule has 0 atom stereocenters. The highest BCUT2D eigenvalue weighted by molar-refractivity contribution is 6.20. The average Bonchev–Trinajstić information content (AvgIpc) is 3.36. The Labute approximate surface area is 162 Å². The molecule has 2 heteroatoms. The molecule has 28 heavy (non-hydrogen) atoms. The van der Waals surface area contributed by atoms with E-state index in [2.05, 4.69) is 107 Å². The molecule has 2 aromatic heterocycles.